The molecule has 5 nitrogen and oxygen atoms in total. The van der Waals surface area contributed by atoms with Gasteiger partial charge in [0.2, 0.25) is 10.0 Å². The maximum absolute atomic E-state index is 12.5. The van der Waals surface area contributed by atoms with Gasteiger partial charge in [0, 0.05) is 12.6 Å². The second-order valence-electron chi connectivity index (χ2n) is 5.56. The van der Waals surface area contributed by atoms with Crippen LogP contribution in [0.1, 0.15) is 36.5 Å². The Kier molecular flexibility index (Phi) is 5.03. The second-order valence-corrected chi connectivity index (χ2v) is 7.24. The molecular weight excluding hydrogens is 290 g/mol. The third kappa shape index (κ3) is 3.63. The van der Waals surface area contributed by atoms with Crippen LogP contribution in [0.25, 0.3) is 0 Å². The molecule has 0 bridgehead atoms. The van der Waals surface area contributed by atoms with Crippen molar-refractivity contribution >= 4 is 10.0 Å². The van der Waals surface area contributed by atoms with Crippen LogP contribution in [0.5, 0.6) is 0 Å². The summed E-state index contributed by atoms with van der Waals surface area (Å²) in [6.45, 7) is 6.06. The van der Waals surface area contributed by atoms with Crippen molar-refractivity contribution < 1.29 is 18.3 Å². The van der Waals surface area contributed by atoms with E-state index in [9.17, 15) is 13.5 Å². The molecule has 1 aliphatic carbocycles. The Morgan fingerprint density at radius 1 is 1.33 bits per heavy atom. The van der Waals surface area contributed by atoms with Crippen LogP contribution >= 0.6 is 0 Å². The van der Waals surface area contributed by atoms with E-state index in [0.717, 1.165) is 11.1 Å². The number of sulfonamides is 1. The second kappa shape index (κ2) is 6.44. The highest BCUT2D eigenvalue weighted by atomic mass is 32.2. The van der Waals surface area contributed by atoms with Crippen LogP contribution in [0.4, 0.5) is 0 Å². The van der Waals surface area contributed by atoms with Crippen molar-refractivity contribution in [3.8, 4) is 0 Å². The largest absolute Gasteiger partial charge is 0.392 e. The van der Waals surface area contributed by atoms with Gasteiger partial charge in [-0.25, -0.2) is 13.1 Å². The monoisotopic (exact) mass is 313 g/mol. The van der Waals surface area contributed by atoms with E-state index in [1.807, 2.05) is 19.9 Å². The zero-order chi connectivity index (χ0) is 15.6. The summed E-state index contributed by atoms with van der Waals surface area (Å²) in [6.07, 6.45) is 1.59. The van der Waals surface area contributed by atoms with Gasteiger partial charge in [-0.15, -0.1) is 0 Å². The number of aliphatic hydroxyl groups is 1. The van der Waals surface area contributed by atoms with Crippen LogP contribution in [0.3, 0.4) is 0 Å². The number of aryl methyl sites for hydroxylation is 1. The lowest BCUT2D eigenvalue weighted by molar-refractivity contribution is -0.00476. The van der Waals surface area contributed by atoms with Gasteiger partial charge >= 0.3 is 0 Å². The fourth-order valence-corrected chi connectivity index (χ4v) is 4.21. The van der Waals surface area contributed by atoms with E-state index in [0.29, 0.717) is 25.0 Å². The molecule has 1 aromatic carbocycles. The number of benzene rings is 1. The smallest absolute Gasteiger partial charge is 0.241 e. The van der Waals surface area contributed by atoms with Crippen molar-refractivity contribution in [1.29, 1.82) is 0 Å². The lowest BCUT2D eigenvalue weighted by Gasteiger charge is -2.35. The Bertz CT molecular complexity index is 606. The fraction of sp³-hybridized carbons (Fsp3) is 0.600. The van der Waals surface area contributed by atoms with Crippen LogP contribution in [-0.4, -0.2) is 32.3 Å². The molecule has 2 N–H and O–H groups in total. The molecule has 118 valence electrons. The molecular formula is C15H23NO4S. The van der Waals surface area contributed by atoms with E-state index in [-0.39, 0.29) is 23.6 Å². The minimum atomic E-state index is -3.56. The maximum Gasteiger partial charge on any atom is 0.241 e. The van der Waals surface area contributed by atoms with Gasteiger partial charge in [0.15, 0.2) is 0 Å². The van der Waals surface area contributed by atoms with Crippen LogP contribution in [0.15, 0.2) is 17.0 Å². The van der Waals surface area contributed by atoms with Gasteiger partial charge in [-0.3, -0.25) is 0 Å². The zero-order valence-corrected chi connectivity index (χ0v) is 13.5. The third-order valence-electron chi connectivity index (χ3n) is 3.97. The molecule has 1 aliphatic rings. The Hall–Kier alpha value is -0.950. The molecule has 1 saturated carbocycles. The van der Waals surface area contributed by atoms with Crippen LogP contribution in [0.2, 0.25) is 0 Å². The highest BCUT2D eigenvalue weighted by molar-refractivity contribution is 7.89. The highest BCUT2D eigenvalue weighted by Gasteiger charge is 2.33. The van der Waals surface area contributed by atoms with E-state index in [4.69, 9.17) is 4.74 Å². The Balaban J connectivity index is 2.15. The molecule has 0 radical (unpaired) electrons. The summed E-state index contributed by atoms with van der Waals surface area (Å²) in [6, 6.07) is 3.29. The van der Waals surface area contributed by atoms with Gasteiger partial charge in [0.25, 0.3) is 0 Å². The average molecular weight is 313 g/mol. The van der Waals surface area contributed by atoms with E-state index in [1.54, 1.807) is 13.0 Å². The summed E-state index contributed by atoms with van der Waals surface area (Å²) < 4.78 is 33.2. The molecule has 0 saturated heterocycles. The molecule has 0 heterocycles. The molecule has 0 aromatic heterocycles. The van der Waals surface area contributed by atoms with Crippen molar-refractivity contribution in [2.75, 3.05) is 6.61 Å². The van der Waals surface area contributed by atoms with Crippen molar-refractivity contribution in [3.05, 3.63) is 28.8 Å². The first-order chi connectivity index (χ1) is 9.87. The summed E-state index contributed by atoms with van der Waals surface area (Å²) in [5, 5.41) is 9.24. The predicted octanol–water partition coefficient (Wildman–Crippen LogP) is 1.64. The standard InChI is InChI=1S/C15H23NO4S/c1-4-20-14-7-13(8-14)16-21(18,19)15-6-12(9-17)5-10(2)11(15)3/h5-6,13-14,16-17H,4,7-9H2,1-3H3. The summed E-state index contributed by atoms with van der Waals surface area (Å²) in [4.78, 5) is 0.256. The quantitative estimate of drug-likeness (QED) is 0.837. The van der Waals surface area contributed by atoms with E-state index in [1.165, 1.54) is 0 Å². The molecule has 2 rings (SSSR count). The summed E-state index contributed by atoms with van der Waals surface area (Å²) in [7, 11) is -3.56. The molecule has 6 heteroatoms. The number of ether oxygens (including phenoxy) is 1. The number of hydrogen-bond donors (Lipinski definition) is 2. The van der Waals surface area contributed by atoms with Gasteiger partial charge in [-0.05, 0) is 56.4 Å². The number of nitrogens with one attached hydrogen (secondary N) is 1. The SMILES string of the molecule is CCOC1CC(NS(=O)(=O)c2cc(CO)cc(C)c2C)C1. The average Bonchev–Trinajstić information content (AvgIpc) is 2.39. The fourth-order valence-electron chi connectivity index (χ4n) is 2.59. The summed E-state index contributed by atoms with van der Waals surface area (Å²) in [5.41, 5.74) is 2.20. The Morgan fingerprint density at radius 2 is 2.00 bits per heavy atom. The predicted molar refractivity (Wildman–Crippen MR) is 80.6 cm³/mol. The van der Waals surface area contributed by atoms with Crippen LogP contribution < -0.4 is 4.72 Å². The molecule has 1 aromatic rings. The number of hydrogen-bond acceptors (Lipinski definition) is 4. The van der Waals surface area contributed by atoms with E-state index in [2.05, 4.69) is 4.72 Å². The zero-order valence-electron chi connectivity index (χ0n) is 12.7. The summed E-state index contributed by atoms with van der Waals surface area (Å²) >= 11 is 0. The molecule has 0 amide bonds. The molecule has 0 aliphatic heterocycles. The molecule has 0 unspecified atom stereocenters. The highest BCUT2D eigenvalue weighted by Crippen LogP contribution is 2.27. The normalized spacial score (nSPS) is 22.1. The van der Waals surface area contributed by atoms with Gasteiger partial charge in [-0.1, -0.05) is 6.07 Å². The van der Waals surface area contributed by atoms with Crippen LogP contribution in [0, 0.1) is 13.8 Å². The molecule has 0 spiro atoms. The van der Waals surface area contributed by atoms with Crippen molar-refractivity contribution in [2.45, 2.75) is 57.3 Å². The molecule has 0 atom stereocenters. The van der Waals surface area contributed by atoms with Gasteiger partial charge in [0.1, 0.15) is 0 Å². The number of rotatable bonds is 6. The minimum absolute atomic E-state index is 0.0657. The first-order valence-electron chi connectivity index (χ1n) is 7.22. The van der Waals surface area contributed by atoms with Gasteiger partial charge in [-0.2, -0.15) is 0 Å². The van der Waals surface area contributed by atoms with Crippen molar-refractivity contribution in [1.82, 2.24) is 4.72 Å². The lowest BCUT2D eigenvalue weighted by atomic mass is 9.90. The minimum Gasteiger partial charge on any atom is -0.392 e. The topological polar surface area (TPSA) is 75.6 Å². The molecule has 1 fully saturated rings. The van der Waals surface area contributed by atoms with Gasteiger partial charge < -0.3 is 9.84 Å². The molecule has 21 heavy (non-hydrogen) atoms. The first-order valence-corrected chi connectivity index (χ1v) is 8.70. The van der Waals surface area contributed by atoms with Gasteiger partial charge in [0.05, 0.1) is 17.6 Å². The van der Waals surface area contributed by atoms with Crippen LogP contribution in [-0.2, 0) is 21.4 Å². The van der Waals surface area contributed by atoms with E-state index < -0.39 is 10.0 Å². The van der Waals surface area contributed by atoms with Crippen molar-refractivity contribution in [3.63, 3.8) is 0 Å². The van der Waals surface area contributed by atoms with Crippen molar-refractivity contribution in [2.24, 2.45) is 0 Å². The number of aliphatic hydroxyl groups excluding tert-OH is 1. The Labute approximate surface area is 126 Å². The first kappa shape index (κ1) is 16.4. The lowest BCUT2D eigenvalue weighted by Crippen LogP contribution is -2.47. The van der Waals surface area contributed by atoms with E-state index >= 15 is 0 Å². The summed E-state index contributed by atoms with van der Waals surface area (Å²) in [5.74, 6) is 0. The Morgan fingerprint density at radius 3 is 2.57 bits per heavy atom. The maximum atomic E-state index is 12.5. The third-order valence-corrected chi connectivity index (χ3v) is 5.62.